The number of alkyl halides is 3. The van der Waals surface area contributed by atoms with Gasteiger partial charge in [-0.15, -0.1) is 0 Å². The number of hydrogen-bond donors (Lipinski definition) is 1. The van der Waals surface area contributed by atoms with E-state index in [2.05, 4.69) is 22.1 Å². The number of nitrogens with zero attached hydrogens (tertiary/aromatic N) is 1. The lowest BCUT2D eigenvalue weighted by Gasteiger charge is -2.28. The molecule has 1 fully saturated rings. The Morgan fingerprint density at radius 3 is 2.58 bits per heavy atom. The zero-order valence-electron chi connectivity index (χ0n) is 15.3. The number of rotatable bonds is 2. The lowest BCUT2D eigenvalue weighted by atomic mass is 9.95. The maximum Gasteiger partial charge on any atom is 0.403 e. The van der Waals surface area contributed by atoms with E-state index in [1.807, 2.05) is 25.2 Å². The highest BCUT2D eigenvalue weighted by Crippen LogP contribution is 2.57. The third kappa shape index (κ3) is 3.40. The summed E-state index contributed by atoms with van der Waals surface area (Å²) < 4.78 is 39.3. The van der Waals surface area contributed by atoms with E-state index in [9.17, 15) is 18.0 Å². The van der Waals surface area contributed by atoms with Gasteiger partial charge in [-0.2, -0.15) is 13.2 Å². The van der Waals surface area contributed by atoms with Crippen molar-refractivity contribution in [3.8, 4) is 11.8 Å². The molecule has 2 aliphatic rings. The molecule has 0 atom stereocenters. The molecule has 140 valence electrons. The van der Waals surface area contributed by atoms with E-state index in [4.69, 9.17) is 0 Å². The SMILES string of the molecule is CN1CCCc2c(C#CC(C)(C)NC(=O)C3(C(F)(F)F)CC3)cccc21. The van der Waals surface area contributed by atoms with Gasteiger partial charge in [0.1, 0.15) is 5.41 Å². The second-order valence-corrected chi connectivity index (χ2v) is 7.74. The molecule has 0 aromatic heterocycles. The van der Waals surface area contributed by atoms with Crippen LogP contribution in [0.2, 0.25) is 0 Å². The molecule has 1 N–H and O–H groups in total. The van der Waals surface area contributed by atoms with E-state index in [1.54, 1.807) is 13.8 Å². The van der Waals surface area contributed by atoms with Gasteiger partial charge in [-0.1, -0.05) is 17.9 Å². The number of anilines is 1. The number of carbonyl (C=O) groups excluding carboxylic acids is 1. The van der Waals surface area contributed by atoms with Crippen LogP contribution in [0.3, 0.4) is 0 Å². The zero-order valence-corrected chi connectivity index (χ0v) is 15.3. The van der Waals surface area contributed by atoms with E-state index in [0.29, 0.717) is 0 Å². The summed E-state index contributed by atoms with van der Waals surface area (Å²) in [5, 5.41) is 2.48. The molecular weight excluding hydrogens is 341 g/mol. The summed E-state index contributed by atoms with van der Waals surface area (Å²) >= 11 is 0. The second kappa shape index (κ2) is 6.22. The van der Waals surface area contributed by atoms with Crippen molar-refractivity contribution in [2.45, 2.75) is 51.2 Å². The molecule has 3 nitrogen and oxygen atoms in total. The van der Waals surface area contributed by atoms with Crippen LogP contribution in [0.5, 0.6) is 0 Å². The summed E-state index contributed by atoms with van der Waals surface area (Å²) in [5.41, 5.74) is -0.0982. The van der Waals surface area contributed by atoms with Crippen LogP contribution < -0.4 is 10.2 Å². The molecule has 1 heterocycles. The van der Waals surface area contributed by atoms with Gasteiger partial charge in [0.25, 0.3) is 0 Å². The smallest absolute Gasteiger partial charge is 0.374 e. The lowest BCUT2D eigenvalue weighted by Crippen LogP contribution is -2.49. The minimum Gasteiger partial charge on any atom is -0.374 e. The Hall–Kier alpha value is -2.16. The van der Waals surface area contributed by atoms with Crippen LogP contribution in [-0.2, 0) is 11.2 Å². The highest BCUT2D eigenvalue weighted by atomic mass is 19.4. The van der Waals surface area contributed by atoms with Crippen LogP contribution in [0.4, 0.5) is 18.9 Å². The summed E-state index contributed by atoms with van der Waals surface area (Å²) in [6.45, 7) is 4.25. The topological polar surface area (TPSA) is 32.3 Å². The summed E-state index contributed by atoms with van der Waals surface area (Å²) in [6.07, 6.45) is -2.84. The summed E-state index contributed by atoms with van der Waals surface area (Å²) in [7, 11) is 2.03. The number of amides is 1. The van der Waals surface area contributed by atoms with Gasteiger partial charge in [-0.25, -0.2) is 0 Å². The molecule has 3 rings (SSSR count). The number of halogens is 3. The lowest BCUT2D eigenvalue weighted by molar-refractivity contribution is -0.192. The first kappa shape index (κ1) is 18.6. The van der Waals surface area contributed by atoms with Gasteiger partial charge in [0.2, 0.25) is 5.91 Å². The van der Waals surface area contributed by atoms with Crippen molar-refractivity contribution in [2.75, 3.05) is 18.5 Å². The molecule has 0 saturated heterocycles. The van der Waals surface area contributed by atoms with Gasteiger partial charge in [0.05, 0.1) is 5.54 Å². The van der Waals surface area contributed by atoms with Crippen molar-refractivity contribution >= 4 is 11.6 Å². The Morgan fingerprint density at radius 1 is 1.27 bits per heavy atom. The summed E-state index contributed by atoms with van der Waals surface area (Å²) in [6, 6.07) is 5.90. The first-order chi connectivity index (χ1) is 12.1. The molecule has 1 aromatic rings. The standard InChI is InChI=1S/C20H23F3N2O/c1-18(2,24-17(26)19(11-12-19)20(21,22)23)10-9-14-6-4-8-16-15(14)7-5-13-25(16)3/h4,6,8H,5,7,11-13H2,1-3H3,(H,24,26). The average molecular weight is 364 g/mol. The van der Waals surface area contributed by atoms with Crippen molar-refractivity contribution < 1.29 is 18.0 Å². The molecular formula is C20H23F3N2O. The van der Waals surface area contributed by atoms with Crippen molar-refractivity contribution in [1.29, 1.82) is 0 Å². The van der Waals surface area contributed by atoms with Gasteiger partial charge in [0, 0.05) is 24.8 Å². The summed E-state index contributed by atoms with van der Waals surface area (Å²) in [5.74, 6) is 5.06. The Bertz CT molecular complexity index is 782. The van der Waals surface area contributed by atoms with Crippen LogP contribution in [0.1, 0.15) is 44.2 Å². The van der Waals surface area contributed by atoms with Crippen LogP contribution in [0, 0.1) is 17.3 Å². The maximum atomic E-state index is 13.1. The molecule has 0 bridgehead atoms. The van der Waals surface area contributed by atoms with Crippen molar-refractivity contribution in [2.24, 2.45) is 5.41 Å². The average Bonchev–Trinajstić information content (AvgIpc) is 3.35. The molecule has 0 unspecified atom stereocenters. The third-order valence-electron chi connectivity index (χ3n) is 5.15. The monoisotopic (exact) mass is 364 g/mol. The van der Waals surface area contributed by atoms with Crippen LogP contribution in [0.15, 0.2) is 18.2 Å². The van der Waals surface area contributed by atoms with E-state index >= 15 is 0 Å². The van der Waals surface area contributed by atoms with Crippen LogP contribution in [0.25, 0.3) is 0 Å². The fourth-order valence-electron chi connectivity index (χ4n) is 3.35. The van der Waals surface area contributed by atoms with E-state index in [1.165, 1.54) is 0 Å². The number of hydrogen-bond acceptors (Lipinski definition) is 2. The zero-order chi connectivity index (χ0) is 19.2. The second-order valence-electron chi connectivity index (χ2n) is 7.74. The Morgan fingerprint density at radius 2 is 1.96 bits per heavy atom. The number of nitrogens with one attached hydrogen (secondary N) is 1. The van der Waals surface area contributed by atoms with Gasteiger partial charge in [-0.05, 0) is 57.2 Å². The largest absolute Gasteiger partial charge is 0.403 e. The number of fused-ring (bicyclic) bond motifs is 1. The Balaban J connectivity index is 1.80. The minimum atomic E-state index is -4.51. The van der Waals surface area contributed by atoms with Crippen LogP contribution in [-0.4, -0.2) is 31.2 Å². The minimum absolute atomic E-state index is 0.148. The van der Waals surface area contributed by atoms with E-state index in [0.717, 1.165) is 36.2 Å². The van der Waals surface area contributed by atoms with Crippen molar-refractivity contribution in [3.63, 3.8) is 0 Å². The van der Waals surface area contributed by atoms with Crippen molar-refractivity contribution in [3.05, 3.63) is 29.3 Å². The highest BCUT2D eigenvalue weighted by Gasteiger charge is 2.68. The van der Waals surface area contributed by atoms with Gasteiger partial charge >= 0.3 is 6.18 Å². The maximum absolute atomic E-state index is 13.1. The normalized spacial score (nSPS) is 18.5. The third-order valence-corrected chi connectivity index (χ3v) is 5.15. The molecule has 1 aliphatic heterocycles. The van der Waals surface area contributed by atoms with Crippen LogP contribution >= 0.6 is 0 Å². The Kier molecular flexibility index (Phi) is 4.46. The van der Waals surface area contributed by atoms with E-state index in [-0.39, 0.29) is 12.8 Å². The van der Waals surface area contributed by atoms with Gasteiger partial charge in [0.15, 0.2) is 0 Å². The Labute approximate surface area is 151 Å². The fraction of sp³-hybridized carbons (Fsp3) is 0.550. The molecule has 1 amide bonds. The summed E-state index contributed by atoms with van der Waals surface area (Å²) in [4.78, 5) is 14.3. The molecule has 0 radical (unpaired) electrons. The van der Waals surface area contributed by atoms with Gasteiger partial charge < -0.3 is 10.2 Å². The predicted molar refractivity (Wildman–Crippen MR) is 94.9 cm³/mol. The molecule has 1 aliphatic carbocycles. The fourth-order valence-corrected chi connectivity index (χ4v) is 3.35. The predicted octanol–water partition coefficient (Wildman–Crippen LogP) is 3.66. The first-order valence-corrected chi connectivity index (χ1v) is 8.81. The van der Waals surface area contributed by atoms with E-state index < -0.39 is 23.0 Å². The highest BCUT2D eigenvalue weighted by molar-refractivity contribution is 5.87. The van der Waals surface area contributed by atoms with Crippen molar-refractivity contribution in [1.82, 2.24) is 5.32 Å². The quantitative estimate of drug-likeness (QED) is 0.813. The number of carbonyl (C=O) groups is 1. The first-order valence-electron chi connectivity index (χ1n) is 8.81. The molecule has 1 aromatic carbocycles. The van der Waals surface area contributed by atoms with Gasteiger partial charge in [-0.3, -0.25) is 4.79 Å². The molecule has 6 heteroatoms. The molecule has 26 heavy (non-hydrogen) atoms. The number of benzene rings is 1. The molecule has 1 saturated carbocycles. The molecule has 0 spiro atoms.